The largest absolute Gasteiger partial charge is 0.284 e. The van der Waals surface area contributed by atoms with Crippen molar-refractivity contribution >= 4 is 22.4 Å². The third-order valence-electron chi connectivity index (χ3n) is 4.31. The van der Waals surface area contributed by atoms with E-state index < -0.39 is 0 Å². The van der Waals surface area contributed by atoms with Crippen molar-refractivity contribution < 1.29 is 4.79 Å². The molecule has 3 heterocycles. The van der Waals surface area contributed by atoms with Crippen LogP contribution in [0.1, 0.15) is 27.9 Å². The lowest BCUT2D eigenvalue weighted by Crippen LogP contribution is -2.30. The topological polar surface area (TPSA) is 63.9 Å². The summed E-state index contributed by atoms with van der Waals surface area (Å²) in [5, 5.41) is 5.10. The van der Waals surface area contributed by atoms with Crippen molar-refractivity contribution in [3.05, 3.63) is 46.9 Å². The van der Waals surface area contributed by atoms with Crippen LogP contribution in [0.5, 0.6) is 0 Å². The summed E-state index contributed by atoms with van der Waals surface area (Å²) in [7, 11) is 1.96. The Morgan fingerprint density at radius 2 is 2.12 bits per heavy atom. The smallest absolute Gasteiger partial charge is 0.260 e. The Bertz CT molecular complexity index is 899. The van der Waals surface area contributed by atoms with Gasteiger partial charge >= 0.3 is 0 Å². The average Bonchev–Trinajstić information content (AvgIpc) is 3.20. The van der Waals surface area contributed by atoms with Crippen molar-refractivity contribution in [1.29, 1.82) is 0 Å². The number of fused-ring (bicyclic) bond motifs is 3. The van der Waals surface area contributed by atoms with E-state index in [1.165, 1.54) is 10.6 Å². The quantitative estimate of drug-likeness (QED) is 0.736. The van der Waals surface area contributed by atoms with Gasteiger partial charge in [0.25, 0.3) is 5.91 Å². The molecule has 3 aromatic heterocycles. The Labute approximate surface area is 143 Å². The van der Waals surface area contributed by atoms with E-state index >= 15 is 0 Å². The van der Waals surface area contributed by atoms with Gasteiger partial charge in [-0.1, -0.05) is 0 Å². The second-order valence-corrected chi connectivity index (χ2v) is 6.74. The van der Waals surface area contributed by atoms with Crippen LogP contribution in [-0.2, 0) is 19.9 Å². The molecule has 0 aromatic carbocycles. The number of thiazole rings is 1. The van der Waals surface area contributed by atoms with E-state index in [0.717, 1.165) is 29.2 Å². The van der Waals surface area contributed by atoms with E-state index in [4.69, 9.17) is 4.98 Å². The molecule has 0 saturated heterocycles. The molecule has 0 aliphatic heterocycles. The van der Waals surface area contributed by atoms with Crippen LogP contribution in [0.3, 0.4) is 0 Å². The van der Waals surface area contributed by atoms with Crippen molar-refractivity contribution in [2.24, 2.45) is 7.05 Å². The summed E-state index contributed by atoms with van der Waals surface area (Å²) in [5.74, 6) is -0.0441. The number of carbonyl (C=O) groups excluding carboxylic acids is 1. The molecular weight excluding hydrogens is 322 g/mol. The van der Waals surface area contributed by atoms with Gasteiger partial charge in [-0.05, 0) is 31.9 Å². The molecule has 1 amide bonds. The molecule has 7 heteroatoms. The molecule has 0 bridgehead atoms. The van der Waals surface area contributed by atoms with E-state index in [-0.39, 0.29) is 5.91 Å². The van der Waals surface area contributed by atoms with E-state index in [2.05, 4.69) is 10.1 Å². The number of aromatic nitrogens is 4. The number of carbonyl (C=O) groups is 1. The Kier molecular flexibility index (Phi) is 3.65. The van der Waals surface area contributed by atoms with Crippen LogP contribution in [0, 0.1) is 0 Å². The second kappa shape index (κ2) is 5.83. The SMILES string of the molecule is CCN(C(=O)c1ccncc1)c1nc2c(s1)CCc1c-2cnn1C. The number of anilines is 1. The van der Waals surface area contributed by atoms with Crippen LogP contribution >= 0.6 is 11.3 Å². The predicted octanol–water partition coefficient (Wildman–Crippen LogP) is 2.70. The summed E-state index contributed by atoms with van der Waals surface area (Å²) in [4.78, 5) is 24.5. The zero-order chi connectivity index (χ0) is 16.7. The summed E-state index contributed by atoms with van der Waals surface area (Å²) in [6.07, 6.45) is 7.05. The summed E-state index contributed by atoms with van der Waals surface area (Å²) in [6, 6.07) is 3.47. The fraction of sp³-hybridized carbons (Fsp3) is 0.294. The first-order chi connectivity index (χ1) is 11.7. The first-order valence-electron chi connectivity index (χ1n) is 7.92. The van der Waals surface area contributed by atoms with Gasteiger partial charge in [0.15, 0.2) is 5.13 Å². The minimum Gasteiger partial charge on any atom is -0.284 e. The maximum Gasteiger partial charge on any atom is 0.260 e. The molecule has 0 atom stereocenters. The minimum atomic E-state index is -0.0441. The lowest BCUT2D eigenvalue weighted by Gasteiger charge is -2.17. The second-order valence-electron chi connectivity index (χ2n) is 5.68. The summed E-state index contributed by atoms with van der Waals surface area (Å²) in [5.41, 5.74) is 3.91. The van der Waals surface area contributed by atoms with Crippen molar-refractivity contribution in [3.8, 4) is 11.3 Å². The number of amides is 1. The van der Waals surface area contributed by atoms with Gasteiger partial charge in [0.2, 0.25) is 0 Å². The Balaban J connectivity index is 1.73. The molecule has 0 N–H and O–H groups in total. The van der Waals surface area contributed by atoms with Gasteiger partial charge in [-0.2, -0.15) is 5.10 Å². The molecule has 0 saturated carbocycles. The first kappa shape index (κ1) is 15.0. The fourth-order valence-corrected chi connectivity index (χ4v) is 4.18. The maximum atomic E-state index is 12.8. The number of nitrogens with zero attached hydrogens (tertiary/aromatic N) is 5. The molecule has 1 aliphatic carbocycles. The third-order valence-corrected chi connectivity index (χ3v) is 5.45. The van der Waals surface area contributed by atoms with Crippen LogP contribution in [-0.4, -0.2) is 32.2 Å². The molecule has 122 valence electrons. The zero-order valence-electron chi connectivity index (χ0n) is 13.6. The molecule has 0 fully saturated rings. The third kappa shape index (κ3) is 2.32. The van der Waals surface area contributed by atoms with Gasteiger partial charge in [-0.3, -0.25) is 19.4 Å². The first-order valence-corrected chi connectivity index (χ1v) is 8.73. The Morgan fingerprint density at radius 3 is 2.88 bits per heavy atom. The van der Waals surface area contributed by atoms with Crippen molar-refractivity contribution in [1.82, 2.24) is 19.7 Å². The average molecular weight is 339 g/mol. The van der Waals surface area contributed by atoms with Gasteiger partial charge in [0, 0.05) is 47.7 Å². The van der Waals surface area contributed by atoms with Gasteiger partial charge < -0.3 is 0 Å². The molecule has 3 aromatic rings. The lowest BCUT2D eigenvalue weighted by atomic mass is 10.0. The predicted molar refractivity (Wildman–Crippen MR) is 93.3 cm³/mol. The monoisotopic (exact) mass is 339 g/mol. The normalized spacial score (nSPS) is 12.6. The maximum absolute atomic E-state index is 12.8. The molecule has 1 aliphatic rings. The molecule has 6 nitrogen and oxygen atoms in total. The summed E-state index contributed by atoms with van der Waals surface area (Å²) < 4.78 is 1.91. The Morgan fingerprint density at radius 1 is 1.33 bits per heavy atom. The molecule has 0 radical (unpaired) electrons. The highest BCUT2D eigenvalue weighted by atomic mass is 32.1. The van der Waals surface area contributed by atoms with Crippen LogP contribution in [0.4, 0.5) is 5.13 Å². The van der Waals surface area contributed by atoms with E-state index in [1.54, 1.807) is 40.8 Å². The van der Waals surface area contributed by atoms with Crippen LogP contribution in [0.15, 0.2) is 30.7 Å². The van der Waals surface area contributed by atoms with Gasteiger partial charge in [0.1, 0.15) is 0 Å². The molecule has 0 spiro atoms. The van der Waals surface area contributed by atoms with Gasteiger partial charge in [0.05, 0.1) is 11.9 Å². The van der Waals surface area contributed by atoms with E-state index in [0.29, 0.717) is 12.1 Å². The molecule has 24 heavy (non-hydrogen) atoms. The lowest BCUT2D eigenvalue weighted by molar-refractivity contribution is 0.0988. The number of rotatable bonds is 3. The van der Waals surface area contributed by atoms with E-state index in [9.17, 15) is 4.79 Å². The molecule has 4 rings (SSSR count). The molecular formula is C17H17N5OS. The number of hydrogen-bond donors (Lipinski definition) is 0. The number of pyridine rings is 1. The van der Waals surface area contributed by atoms with Crippen molar-refractivity contribution in [2.45, 2.75) is 19.8 Å². The number of aryl methyl sites for hydroxylation is 2. The van der Waals surface area contributed by atoms with Gasteiger partial charge in [-0.25, -0.2) is 4.98 Å². The molecule has 0 unspecified atom stereocenters. The van der Waals surface area contributed by atoms with Crippen LogP contribution in [0.2, 0.25) is 0 Å². The zero-order valence-corrected chi connectivity index (χ0v) is 14.4. The fourth-order valence-electron chi connectivity index (χ4n) is 3.04. The Hall–Kier alpha value is -2.54. The van der Waals surface area contributed by atoms with Gasteiger partial charge in [-0.15, -0.1) is 11.3 Å². The number of hydrogen-bond acceptors (Lipinski definition) is 5. The van der Waals surface area contributed by atoms with E-state index in [1.807, 2.05) is 24.9 Å². The highest BCUT2D eigenvalue weighted by molar-refractivity contribution is 7.16. The highest BCUT2D eigenvalue weighted by Crippen LogP contribution is 2.39. The van der Waals surface area contributed by atoms with Crippen LogP contribution in [0.25, 0.3) is 11.3 Å². The van der Waals surface area contributed by atoms with Crippen LogP contribution < -0.4 is 4.90 Å². The van der Waals surface area contributed by atoms with Crippen molar-refractivity contribution in [3.63, 3.8) is 0 Å². The highest BCUT2D eigenvalue weighted by Gasteiger charge is 2.27. The summed E-state index contributed by atoms with van der Waals surface area (Å²) >= 11 is 1.61. The summed E-state index contributed by atoms with van der Waals surface area (Å²) in [6.45, 7) is 2.54. The standard InChI is InChI=1S/C17H17N5OS/c1-3-22(16(23)11-6-8-18-9-7-11)17-20-15-12-10-19-21(2)13(12)4-5-14(15)24-17/h6-10H,3-5H2,1-2H3. The van der Waals surface area contributed by atoms with Crippen molar-refractivity contribution in [2.75, 3.05) is 11.4 Å². The minimum absolute atomic E-state index is 0.0441.